The lowest BCUT2D eigenvalue weighted by Crippen LogP contribution is -2.27. The standard InChI is InChI=1S/C14H28O2/c1-3-4-10-14(15)11-16-12(2)13-8-6-5-7-9-13/h12-15H,3-11H2,1-2H3. The highest BCUT2D eigenvalue weighted by atomic mass is 16.5. The first-order valence-electron chi connectivity index (χ1n) is 7.03. The fraction of sp³-hybridized carbons (Fsp3) is 1.00. The Labute approximate surface area is 100 Å². The molecule has 0 aromatic heterocycles. The van der Waals surface area contributed by atoms with Gasteiger partial charge in [0.2, 0.25) is 0 Å². The number of ether oxygens (including phenoxy) is 1. The van der Waals surface area contributed by atoms with Crippen LogP contribution in [-0.4, -0.2) is 23.9 Å². The van der Waals surface area contributed by atoms with E-state index in [1.54, 1.807) is 0 Å². The summed E-state index contributed by atoms with van der Waals surface area (Å²) in [4.78, 5) is 0. The van der Waals surface area contributed by atoms with Crippen LogP contribution in [0.3, 0.4) is 0 Å². The van der Waals surface area contributed by atoms with Crippen molar-refractivity contribution in [2.45, 2.75) is 77.4 Å². The van der Waals surface area contributed by atoms with Crippen molar-refractivity contribution in [2.24, 2.45) is 5.92 Å². The van der Waals surface area contributed by atoms with E-state index in [2.05, 4.69) is 13.8 Å². The van der Waals surface area contributed by atoms with Crippen molar-refractivity contribution < 1.29 is 9.84 Å². The monoisotopic (exact) mass is 228 g/mol. The number of aliphatic hydroxyl groups excluding tert-OH is 1. The van der Waals surface area contributed by atoms with E-state index in [4.69, 9.17) is 4.74 Å². The summed E-state index contributed by atoms with van der Waals surface area (Å²) < 4.78 is 5.79. The highest BCUT2D eigenvalue weighted by molar-refractivity contribution is 4.71. The number of unbranched alkanes of at least 4 members (excludes halogenated alkanes) is 1. The van der Waals surface area contributed by atoms with Gasteiger partial charge in [0.05, 0.1) is 18.8 Å². The molecular formula is C14H28O2. The third-order valence-electron chi connectivity index (χ3n) is 3.76. The summed E-state index contributed by atoms with van der Waals surface area (Å²) in [7, 11) is 0. The largest absolute Gasteiger partial charge is 0.391 e. The maximum atomic E-state index is 9.70. The fourth-order valence-electron chi connectivity index (χ4n) is 2.53. The molecule has 0 spiro atoms. The minimum absolute atomic E-state index is 0.258. The first-order valence-corrected chi connectivity index (χ1v) is 7.03. The van der Waals surface area contributed by atoms with Gasteiger partial charge in [-0.15, -0.1) is 0 Å². The normalized spacial score (nSPS) is 21.9. The smallest absolute Gasteiger partial charge is 0.0773 e. The van der Waals surface area contributed by atoms with Gasteiger partial charge in [-0.3, -0.25) is 0 Å². The molecule has 2 heteroatoms. The van der Waals surface area contributed by atoms with Gasteiger partial charge in [0.1, 0.15) is 0 Å². The summed E-state index contributed by atoms with van der Waals surface area (Å²) in [6.07, 6.45) is 9.93. The molecule has 0 aromatic rings. The fourth-order valence-corrected chi connectivity index (χ4v) is 2.53. The molecule has 0 saturated heterocycles. The first-order chi connectivity index (χ1) is 7.74. The number of aliphatic hydroxyl groups is 1. The summed E-state index contributed by atoms with van der Waals surface area (Å²) in [5, 5.41) is 9.70. The summed E-state index contributed by atoms with van der Waals surface area (Å²) >= 11 is 0. The molecule has 0 aromatic carbocycles. The van der Waals surface area contributed by atoms with Crippen LogP contribution in [0, 0.1) is 5.92 Å². The maximum absolute atomic E-state index is 9.70. The molecule has 1 N–H and O–H groups in total. The topological polar surface area (TPSA) is 29.5 Å². The second-order valence-corrected chi connectivity index (χ2v) is 5.23. The summed E-state index contributed by atoms with van der Waals surface area (Å²) in [6, 6.07) is 0. The lowest BCUT2D eigenvalue weighted by molar-refractivity contribution is -0.0353. The van der Waals surface area contributed by atoms with Crippen LogP contribution in [0.1, 0.15) is 65.2 Å². The molecule has 0 aliphatic heterocycles. The van der Waals surface area contributed by atoms with E-state index in [1.165, 1.54) is 32.1 Å². The second-order valence-electron chi connectivity index (χ2n) is 5.23. The minimum Gasteiger partial charge on any atom is -0.391 e. The average Bonchev–Trinajstić information content (AvgIpc) is 2.34. The molecule has 2 nitrogen and oxygen atoms in total. The molecule has 96 valence electrons. The molecule has 0 heterocycles. The Morgan fingerprint density at radius 3 is 2.56 bits per heavy atom. The van der Waals surface area contributed by atoms with E-state index in [1.807, 2.05) is 0 Å². The average molecular weight is 228 g/mol. The Hall–Kier alpha value is -0.0800. The molecular weight excluding hydrogens is 200 g/mol. The SMILES string of the molecule is CCCCC(O)COC(C)C1CCCCC1. The van der Waals surface area contributed by atoms with Gasteiger partial charge in [0.25, 0.3) is 0 Å². The predicted octanol–water partition coefficient (Wildman–Crippen LogP) is 3.52. The van der Waals surface area contributed by atoms with E-state index in [0.717, 1.165) is 25.2 Å². The third-order valence-corrected chi connectivity index (χ3v) is 3.76. The molecule has 1 aliphatic rings. The van der Waals surface area contributed by atoms with Crippen LogP contribution >= 0.6 is 0 Å². The Morgan fingerprint density at radius 2 is 1.94 bits per heavy atom. The van der Waals surface area contributed by atoms with E-state index in [0.29, 0.717) is 12.7 Å². The summed E-state index contributed by atoms with van der Waals surface area (Å²) in [5.41, 5.74) is 0. The highest BCUT2D eigenvalue weighted by Crippen LogP contribution is 2.27. The van der Waals surface area contributed by atoms with Gasteiger partial charge in [0, 0.05) is 0 Å². The number of rotatable bonds is 7. The minimum atomic E-state index is -0.258. The highest BCUT2D eigenvalue weighted by Gasteiger charge is 2.21. The molecule has 2 atom stereocenters. The molecule has 0 radical (unpaired) electrons. The first kappa shape index (κ1) is 14.0. The van der Waals surface area contributed by atoms with Gasteiger partial charge in [-0.05, 0) is 32.1 Å². The van der Waals surface area contributed by atoms with Gasteiger partial charge >= 0.3 is 0 Å². The molecule has 0 amide bonds. The third kappa shape index (κ3) is 5.31. The van der Waals surface area contributed by atoms with Crippen LogP contribution in [0.5, 0.6) is 0 Å². The van der Waals surface area contributed by atoms with Crippen LogP contribution in [0.15, 0.2) is 0 Å². The van der Waals surface area contributed by atoms with E-state index < -0.39 is 0 Å². The van der Waals surface area contributed by atoms with E-state index in [-0.39, 0.29) is 6.10 Å². The van der Waals surface area contributed by atoms with Gasteiger partial charge in [-0.1, -0.05) is 39.0 Å². The van der Waals surface area contributed by atoms with Gasteiger partial charge < -0.3 is 9.84 Å². The van der Waals surface area contributed by atoms with Gasteiger partial charge in [0.15, 0.2) is 0 Å². The van der Waals surface area contributed by atoms with Crippen molar-refractivity contribution in [1.29, 1.82) is 0 Å². The van der Waals surface area contributed by atoms with E-state index >= 15 is 0 Å². The summed E-state index contributed by atoms with van der Waals surface area (Å²) in [6.45, 7) is 4.85. The number of hydrogen-bond donors (Lipinski definition) is 1. The molecule has 1 rings (SSSR count). The van der Waals surface area contributed by atoms with Gasteiger partial charge in [-0.25, -0.2) is 0 Å². The van der Waals surface area contributed by atoms with Crippen molar-refractivity contribution >= 4 is 0 Å². The van der Waals surface area contributed by atoms with Crippen LogP contribution in [0.25, 0.3) is 0 Å². The maximum Gasteiger partial charge on any atom is 0.0773 e. The van der Waals surface area contributed by atoms with Crippen LogP contribution in [-0.2, 0) is 4.74 Å². The Kier molecular flexibility index (Phi) is 7.06. The van der Waals surface area contributed by atoms with Crippen LogP contribution in [0.4, 0.5) is 0 Å². The van der Waals surface area contributed by atoms with E-state index in [9.17, 15) is 5.11 Å². The van der Waals surface area contributed by atoms with Gasteiger partial charge in [-0.2, -0.15) is 0 Å². The Bertz CT molecular complexity index is 164. The lowest BCUT2D eigenvalue weighted by atomic mass is 9.86. The second kappa shape index (κ2) is 8.08. The van der Waals surface area contributed by atoms with Crippen molar-refractivity contribution in [3.63, 3.8) is 0 Å². The van der Waals surface area contributed by atoms with Crippen molar-refractivity contribution in [3.8, 4) is 0 Å². The summed E-state index contributed by atoms with van der Waals surface area (Å²) in [5.74, 6) is 0.729. The van der Waals surface area contributed by atoms with Crippen molar-refractivity contribution in [3.05, 3.63) is 0 Å². The number of hydrogen-bond acceptors (Lipinski definition) is 2. The molecule has 16 heavy (non-hydrogen) atoms. The molecule has 1 fully saturated rings. The predicted molar refractivity (Wildman–Crippen MR) is 67.5 cm³/mol. The Morgan fingerprint density at radius 1 is 1.25 bits per heavy atom. The van der Waals surface area contributed by atoms with Crippen LogP contribution in [0.2, 0.25) is 0 Å². The zero-order valence-electron chi connectivity index (χ0n) is 11.0. The quantitative estimate of drug-likeness (QED) is 0.722. The zero-order chi connectivity index (χ0) is 11.8. The lowest BCUT2D eigenvalue weighted by Gasteiger charge is -2.28. The molecule has 1 aliphatic carbocycles. The molecule has 1 saturated carbocycles. The van der Waals surface area contributed by atoms with Crippen molar-refractivity contribution in [1.82, 2.24) is 0 Å². The van der Waals surface area contributed by atoms with Crippen molar-refractivity contribution in [2.75, 3.05) is 6.61 Å². The molecule has 2 unspecified atom stereocenters. The molecule has 0 bridgehead atoms. The zero-order valence-corrected chi connectivity index (χ0v) is 11.0. The Balaban J connectivity index is 2.10. The van der Waals surface area contributed by atoms with Crippen LogP contribution < -0.4 is 0 Å².